The van der Waals surface area contributed by atoms with E-state index in [1.165, 1.54) is 6.08 Å². The van der Waals surface area contributed by atoms with Crippen LogP contribution in [0.4, 0.5) is 0 Å². The maximum absolute atomic E-state index is 14.2. The normalized spacial score (nSPS) is 42.3. The number of esters is 2. The fourth-order valence-corrected chi connectivity index (χ4v) is 9.50. The molecule has 0 saturated heterocycles. The van der Waals surface area contributed by atoms with Crippen LogP contribution in [-0.2, 0) is 33.4 Å². The van der Waals surface area contributed by atoms with Crippen molar-refractivity contribution in [1.29, 1.82) is 0 Å². The minimum Gasteiger partial charge on any atom is -0.457 e. The van der Waals surface area contributed by atoms with Crippen molar-refractivity contribution in [2.75, 3.05) is 6.61 Å². The van der Waals surface area contributed by atoms with E-state index in [0.29, 0.717) is 12.8 Å². The van der Waals surface area contributed by atoms with E-state index in [1.54, 1.807) is 26.0 Å². The van der Waals surface area contributed by atoms with Gasteiger partial charge in [0.1, 0.15) is 4.87 Å². The molecule has 7 nitrogen and oxygen atoms in total. The average molecular weight is 598 g/mol. The SMILES string of the molecule is CCC(=O)OCC(=O)[C@]1(OC(=O)CC)[C@@H](C)C[C@H]2[C@@H]3[C@H](Br)CC4=CC(=O)C=C[C@]4(C)[C@@]3(Cl)C(=O)C[C@@]21C. The number of allylic oxidation sites excluding steroid dienone is 4. The zero-order valence-corrected chi connectivity index (χ0v) is 24.2. The van der Waals surface area contributed by atoms with E-state index >= 15 is 0 Å². The highest BCUT2D eigenvalue weighted by Crippen LogP contribution is 2.71. The fraction of sp³-hybridized carbons (Fsp3) is 0.679. The molecule has 0 aromatic heterocycles. The molecule has 0 N–H and O–H groups in total. The van der Waals surface area contributed by atoms with E-state index in [9.17, 15) is 24.0 Å². The first kappa shape index (κ1) is 28.2. The maximum atomic E-state index is 14.2. The van der Waals surface area contributed by atoms with Crippen molar-refractivity contribution in [3.63, 3.8) is 0 Å². The Morgan fingerprint density at radius 2 is 1.78 bits per heavy atom. The number of ether oxygens (including phenoxy) is 2. The average Bonchev–Trinajstić information content (AvgIpc) is 3.05. The van der Waals surface area contributed by atoms with Crippen LogP contribution in [-0.4, -0.2) is 51.2 Å². The Balaban J connectivity index is 1.85. The van der Waals surface area contributed by atoms with Gasteiger partial charge in [0.05, 0.1) is 0 Å². The summed E-state index contributed by atoms with van der Waals surface area (Å²) >= 11 is 11.2. The second-order valence-corrected chi connectivity index (χ2v) is 13.1. The van der Waals surface area contributed by atoms with Crippen molar-refractivity contribution >= 4 is 56.8 Å². The molecule has 4 aliphatic rings. The summed E-state index contributed by atoms with van der Waals surface area (Å²) < 4.78 is 11.2. The molecule has 0 heterocycles. The van der Waals surface area contributed by atoms with Gasteiger partial charge in [-0.05, 0) is 30.9 Å². The molecule has 0 radical (unpaired) electrons. The molecule has 0 aromatic carbocycles. The summed E-state index contributed by atoms with van der Waals surface area (Å²) in [6.45, 7) is 8.34. The molecule has 4 rings (SSSR count). The van der Waals surface area contributed by atoms with Gasteiger partial charge in [0.2, 0.25) is 5.78 Å². The third-order valence-electron chi connectivity index (χ3n) is 9.55. The second-order valence-electron chi connectivity index (χ2n) is 11.3. The highest BCUT2D eigenvalue weighted by atomic mass is 79.9. The summed E-state index contributed by atoms with van der Waals surface area (Å²) in [5.74, 6) is -3.09. The maximum Gasteiger partial charge on any atom is 0.306 e. The van der Waals surface area contributed by atoms with Gasteiger partial charge in [0, 0.05) is 46.8 Å². The van der Waals surface area contributed by atoms with Gasteiger partial charge in [-0.15, -0.1) is 11.6 Å². The second kappa shape index (κ2) is 9.44. The number of halogens is 2. The van der Waals surface area contributed by atoms with Crippen LogP contribution in [0.2, 0.25) is 0 Å². The number of ketones is 3. The zero-order valence-electron chi connectivity index (χ0n) is 21.9. The standard InChI is InChI=1S/C28H34BrClO7/c1-6-22(34)36-14-21(33)28(37-23(35)7-2)15(3)10-18-24-19(29)12-16-11-17(31)8-9-25(16,4)27(24,30)20(32)13-26(18,28)5/h8-9,11,15,18-19,24H,6-7,10,12-14H2,1-5H3/t15-,18-,19+,24+,25-,26-,27+,28+/m0/s1. The van der Waals surface area contributed by atoms with Gasteiger partial charge >= 0.3 is 11.9 Å². The molecular weight excluding hydrogens is 564 g/mol. The van der Waals surface area contributed by atoms with Crippen LogP contribution in [0.3, 0.4) is 0 Å². The van der Waals surface area contributed by atoms with Crippen LogP contribution in [0.15, 0.2) is 23.8 Å². The molecule has 37 heavy (non-hydrogen) atoms. The number of carbonyl (C=O) groups excluding carboxylic acids is 5. The van der Waals surface area contributed by atoms with Gasteiger partial charge in [-0.1, -0.05) is 62.2 Å². The summed E-state index contributed by atoms with van der Waals surface area (Å²) in [4.78, 5) is 63.3. The van der Waals surface area contributed by atoms with E-state index in [2.05, 4.69) is 15.9 Å². The van der Waals surface area contributed by atoms with Crippen LogP contribution in [0.5, 0.6) is 0 Å². The Morgan fingerprint density at radius 3 is 2.41 bits per heavy atom. The van der Waals surface area contributed by atoms with Crippen molar-refractivity contribution in [2.45, 2.75) is 82.0 Å². The van der Waals surface area contributed by atoms with Crippen molar-refractivity contribution in [1.82, 2.24) is 0 Å². The number of fused-ring (bicyclic) bond motifs is 5. The van der Waals surface area contributed by atoms with Crippen LogP contribution in [0, 0.1) is 28.6 Å². The fourth-order valence-electron chi connectivity index (χ4n) is 7.68. The monoisotopic (exact) mass is 596 g/mol. The van der Waals surface area contributed by atoms with Crippen molar-refractivity contribution in [3.8, 4) is 0 Å². The molecule has 0 amide bonds. The molecule has 0 spiro atoms. The minimum absolute atomic E-state index is 0.0557. The first-order valence-corrected chi connectivity index (χ1v) is 14.2. The zero-order chi connectivity index (χ0) is 27.6. The van der Waals surface area contributed by atoms with Crippen molar-refractivity contribution in [2.24, 2.45) is 28.6 Å². The molecule has 4 aliphatic carbocycles. The number of rotatable bonds is 6. The van der Waals surface area contributed by atoms with Gasteiger partial charge in [0.15, 0.2) is 23.8 Å². The molecule has 0 aliphatic heterocycles. The van der Waals surface area contributed by atoms with E-state index in [4.69, 9.17) is 21.1 Å². The Morgan fingerprint density at radius 1 is 1.14 bits per heavy atom. The molecule has 202 valence electrons. The minimum atomic E-state index is -1.64. The van der Waals surface area contributed by atoms with E-state index < -0.39 is 57.5 Å². The highest BCUT2D eigenvalue weighted by Gasteiger charge is 2.77. The summed E-state index contributed by atoms with van der Waals surface area (Å²) in [6, 6.07) is 0. The van der Waals surface area contributed by atoms with Crippen LogP contribution in [0.1, 0.15) is 66.7 Å². The topological polar surface area (TPSA) is 104 Å². The van der Waals surface area contributed by atoms with E-state index in [0.717, 1.165) is 5.57 Å². The van der Waals surface area contributed by atoms with E-state index in [-0.39, 0.29) is 41.6 Å². The number of hydrogen-bond acceptors (Lipinski definition) is 7. The highest BCUT2D eigenvalue weighted by molar-refractivity contribution is 9.09. The Bertz CT molecular complexity index is 1130. The Labute approximate surface area is 230 Å². The third kappa shape index (κ3) is 3.75. The van der Waals surface area contributed by atoms with Gasteiger partial charge in [-0.3, -0.25) is 24.0 Å². The van der Waals surface area contributed by atoms with Crippen LogP contribution < -0.4 is 0 Å². The molecule has 0 unspecified atom stereocenters. The Kier molecular flexibility index (Phi) is 7.20. The largest absolute Gasteiger partial charge is 0.457 e. The number of alkyl halides is 2. The van der Waals surface area contributed by atoms with Gasteiger partial charge < -0.3 is 9.47 Å². The molecule has 3 fully saturated rings. The summed E-state index contributed by atoms with van der Waals surface area (Å²) in [5.41, 5.74) is -2.77. The summed E-state index contributed by atoms with van der Waals surface area (Å²) in [6.07, 6.45) is 5.88. The lowest BCUT2D eigenvalue weighted by Gasteiger charge is -2.62. The van der Waals surface area contributed by atoms with Gasteiger partial charge in [-0.25, -0.2) is 0 Å². The number of hydrogen-bond donors (Lipinski definition) is 0. The van der Waals surface area contributed by atoms with Crippen LogP contribution in [0.25, 0.3) is 0 Å². The molecule has 8 atom stereocenters. The molecule has 9 heteroatoms. The first-order valence-electron chi connectivity index (χ1n) is 12.9. The third-order valence-corrected chi connectivity index (χ3v) is 11.3. The van der Waals surface area contributed by atoms with Crippen molar-refractivity contribution in [3.05, 3.63) is 23.8 Å². The quantitative estimate of drug-likeness (QED) is 0.324. The molecular formula is C28H34BrClO7. The lowest BCUT2D eigenvalue weighted by Crippen LogP contribution is -2.70. The predicted octanol–water partition coefficient (Wildman–Crippen LogP) is 4.67. The molecule has 0 bridgehead atoms. The Hall–Kier alpha value is -1.80. The molecule has 0 aromatic rings. The first-order chi connectivity index (χ1) is 17.2. The van der Waals surface area contributed by atoms with Gasteiger partial charge in [0.25, 0.3) is 0 Å². The van der Waals surface area contributed by atoms with Crippen molar-refractivity contribution < 1.29 is 33.4 Å². The van der Waals surface area contributed by atoms with Crippen LogP contribution >= 0.6 is 27.5 Å². The lowest BCUT2D eigenvalue weighted by atomic mass is 9.46. The predicted molar refractivity (Wildman–Crippen MR) is 140 cm³/mol. The molecule has 3 saturated carbocycles. The van der Waals surface area contributed by atoms with E-state index in [1.807, 2.05) is 20.8 Å². The van der Waals surface area contributed by atoms with Gasteiger partial charge in [-0.2, -0.15) is 0 Å². The number of carbonyl (C=O) groups is 5. The number of Topliss-reactive ketones (excluding diaryl/α,β-unsaturated/α-hetero) is 2. The summed E-state index contributed by atoms with van der Waals surface area (Å²) in [5, 5.41) is 0. The lowest BCUT2D eigenvalue weighted by molar-refractivity contribution is -0.196. The smallest absolute Gasteiger partial charge is 0.306 e. The summed E-state index contributed by atoms with van der Waals surface area (Å²) in [7, 11) is 0.